The van der Waals surface area contributed by atoms with Crippen LogP contribution in [0.15, 0.2) is 4.52 Å². The lowest BCUT2D eigenvalue weighted by molar-refractivity contribution is -0.129. The summed E-state index contributed by atoms with van der Waals surface area (Å²) < 4.78 is 10.8. The van der Waals surface area contributed by atoms with E-state index in [1.807, 2.05) is 0 Å². The first-order valence-corrected chi connectivity index (χ1v) is 8.39. The minimum absolute atomic E-state index is 0.0349. The second-order valence-electron chi connectivity index (χ2n) is 6.48. The molecular weight excluding hydrogens is 282 g/mol. The van der Waals surface area contributed by atoms with E-state index in [-0.39, 0.29) is 17.9 Å². The zero-order valence-electron chi connectivity index (χ0n) is 13.4. The number of amides is 1. The summed E-state index contributed by atoms with van der Waals surface area (Å²) in [5, 5.41) is 7.36. The van der Waals surface area contributed by atoms with Crippen LogP contribution in [0.2, 0.25) is 0 Å². The zero-order chi connectivity index (χ0) is 15.6. The topological polar surface area (TPSA) is 77.2 Å². The van der Waals surface area contributed by atoms with Gasteiger partial charge >= 0.3 is 0 Å². The van der Waals surface area contributed by atoms with Crippen molar-refractivity contribution in [2.75, 3.05) is 6.61 Å². The Morgan fingerprint density at radius 1 is 1.36 bits per heavy atom. The van der Waals surface area contributed by atoms with Crippen molar-refractivity contribution >= 4 is 5.91 Å². The molecule has 3 rings (SSSR count). The maximum absolute atomic E-state index is 12.8. The molecule has 1 aromatic rings. The SMILES string of the molecule is CC[C@@H]1OCC[C@H]1C(=O)NC1(c2noc(C)n2)CCCCC1. The van der Waals surface area contributed by atoms with Crippen LogP contribution < -0.4 is 5.32 Å². The van der Waals surface area contributed by atoms with E-state index in [9.17, 15) is 4.79 Å². The van der Waals surface area contributed by atoms with Crippen molar-refractivity contribution in [3.05, 3.63) is 11.7 Å². The maximum Gasteiger partial charge on any atom is 0.226 e. The van der Waals surface area contributed by atoms with Gasteiger partial charge in [-0.2, -0.15) is 4.98 Å². The van der Waals surface area contributed by atoms with Crippen LogP contribution in [0, 0.1) is 12.8 Å². The van der Waals surface area contributed by atoms with Crippen molar-refractivity contribution in [2.24, 2.45) is 5.92 Å². The van der Waals surface area contributed by atoms with Crippen LogP contribution in [0.25, 0.3) is 0 Å². The molecule has 1 aromatic heterocycles. The summed E-state index contributed by atoms with van der Waals surface area (Å²) in [4.78, 5) is 17.2. The van der Waals surface area contributed by atoms with Crippen molar-refractivity contribution in [2.45, 2.75) is 70.4 Å². The van der Waals surface area contributed by atoms with E-state index in [0.717, 1.165) is 38.5 Å². The van der Waals surface area contributed by atoms with Gasteiger partial charge in [-0.3, -0.25) is 4.79 Å². The van der Waals surface area contributed by atoms with Crippen molar-refractivity contribution in [3.8, 4) is 0 Å². The number of carbonyl (C=O) groups excluding carboxylic acids is 1. The van der Waals surface area contributed by atoms with E-state index in [0.29, 0.717) is 18.3 Å². The van der Waals surface area contributed by atoms with Crippen LogP contribution in [0.1, 0.15) is 63.6 Å². The van der Waals surface area contributed by atoms with Crippen molar-refractivity contribution in [1.82, 2.24) is 15.5 Å². The fraction of sp³-hybridized carbons (Fsp3) is 0.812. The quantitative estimate of drug-likeness (QED) is 0.924. The molecule has 6 heteroatoms. The molecule has 2 fully saturated rings. The van der Waals surface area contributed by atoms with Crippen LogP contribution >= 0.6 is 0 Å². The molecule has 6 nitrogen and oxygen atoms in total. The number of nitrogens with one attached hydrogen (secondary N) is 1. The lowest BCUT2D eigenvalue weighted by atomic mass is 9.80. The molecule has 2 atom stereocenters. The van der Waals surface area contributed by atoms with Crippen LogP contribution in [0.4, 0.5) is 0 Å². The zero-order valence-corrected chi connectivity index (χ0v) is 13.4. The molecule has 1 aliphatic heterocycles. The second kappa shape index (κ2) is 6.36. The highest BCUT2D eigenvalue weighted by molar-refractivity contribution is 5.80. The van der Waals surface area contributed by atoms with E-state index in [1.165, 1.54) is 6.42 Å². The molecule has 1 amide bonds. The monoisotopic (exact) mass is 307 g/mol. The standard InChI is InChI=1S/C16H25N3O3/c1-3-13-12(7-10-21-13)14(20)18-16(8-5-4-6-9-16)15-17-11(2)22-19-15/h12-13H,3-10H2,1-2H3,(H,18,20)/t12-,13+/m1/s1. The predicted octanol–water partition coefficient (Wildman–Crippen LogP) is 2.47. The number of nitrogens with zero attached hydrogens (tertiary/aromatic N) is 2. The Hall–Kier alpha value is -1.43. The van der Waals surface area contributed by atoms with Crippen LogP contribution in [-0.2, 0) is 15.1 Å². The van der Waals surface area contributed by atoms with E-state index in [2.05, 4.69) is 22.4 Å². The predicted molar refractivity (Wildman–Crippen MR) is 80.1 cm³/mol. The minimum Gasteiger partial charge on any atom is -0.377 e. The van der Waals surface area contributed by atoms with Gasteiger partial charge in [0.2, 0.25) is 11.8 Å². The molecule has 1 saturated carbocycles. The summed E-state index contributed by atoms with van der Waals surface area (Å²) in [6, 6.07) is 0. The van der Waals surface area contributed by atoms with Crippen molar-refractivity contribution in [1.29, 1.82) is 0 Å². The van der Waals surface area contributed by atoms with Crippen molar-refractivity contribution in [3.63, 3.8) is 0 Å². The molecule has 0 bridgehead atoms. The van der Waals surface area contributed by atoms with Crippen LogP contribution in [0.3, 0.4) is 0 Å². The smallest absolute Gasteiger partial charge is 0.226 e. The average molecular weight is 307 g/mol. The molecule has 22 heavy (non-hydrogen) atoms. The first kappa shape index (κ1) is 15.5. The van der Waals surface area contributed by atoms with Crippen molar-refractivity contribution < 1.29 is 14.1 Å². The van der Waals surface area contributed by atoms with Gasteiger partial charge in [0.1, 0.15) is 5.54 Å². The van der Waals surface area contributed by atoms with Gasteiger partial charge in [0.25, 0.3) is 0 Å². The molecule has 1 saturated heterocycles. The fourth-order valence-corrected chi connectivity index (χ4v) is 3.73. The highest BCUT2D eigenvalue weighted by Crippen LogP contribution is 2.36. The fourth-order valence-electron chi connectivity index (χ4n) is 3.73. The Bertz CT molecular complexity index is 522. The molecule has 0 spiro atoms. The molecule has 1 N–H and O–H groups in total. The molecule has 0 radical (unpaired) electrons. The lowest BCUT2D eigenvalue weighted by Gasteiger charge is -2.36. The molecule has 0 aromatic carbocycles. The maximum atomic E-state index is 12.8. The van der Waals surface area contributed by atoms with Gasteiger partial charge in [0, 0.05) is 13.5 Å². The number of carbonyl (C=O) groups is 1. The van der Waals surface area contributed by atoms with Gasteiger partial charge in [-0.25, -0.2) is 0 Å². The highest BCUT2D eigenvalue weighted by Gasteiger charge is 2.42. The number of ether oxygens (including phenoxy) is 1. The third kappa shape index (κ3) is 2.89. The van der Waals surface area contributed by atoms with E-state index >= 15 is 0 Å². The Balaban J connectivity index is 1.80. The minimum atomic E-state index is -0.464. The third-order valence-electron chi connectivity index (χ3n) is 4.97. The van der Waals surface area contributed by atoms with Crippen LogP contribution in [-0.4, -0.2) is 28.8 Å². The second-order valence-corrected chi connectivity index (χ2v) is 6.48. The van der Waals surface area contributed by atoms with Gasteiger partial charge in [-0.15, -0.1) is 0 Å². The van der Waals surface area contributed by atoms with Gasteiger partial charge < -0.3 is 14.6 Å². The van der Waals surface area contributed by atoms with Gasteiger partial charge in [0.15, 0.2) is 5.82 Å². The molecule has 0 unspecified atom stereocenters. The number of hydrogen-bond donors (Lipinski definition) is 1. The summed E-state index contributed by atoms with van der Waals surface area (Å²) in [5.41, 5.74) is -0.464. The summed E-state index contributed by atoms with van der Waals surface area (Å²) in [7, 11) is 0. The Morgan fingerprint density at radius 2 is 2.14 bits per heavy atom. The summed E-state index contributed by atoms with van der Waals surface area (Å²) >= 11 is 0. The van der Waals surface area contributed by atoms with E-state index in [1.54, 1.807) is 6.92 Å². The van der Waals surface area contributed by atoms with E-state index < -0.39 is 5.54 Å². The van der Waals surface area contributed by atoms with Gasteiger partial charge in [-0.1, -0.05) is 31.3 Å². The largest absolute Gasteiger partial charge is 0.377 e. The molecule has 2 aliphatic rings. The summed E-state index contributed by atoms with van der Waals surface area (Å²) in [5.74, 6) is 1.19. The summed E-state index contributed by atoms with van der Waals surface area (Å²) in [6.45, 7) is 4.52. The highest BCUT2D eigenvalue weighted by atomic mass is 16.5. The average Bonchev–Trinajstić information content (AvgIpc) is 3.16. The first-order valence-electron chi connectivity index (χ1n) is 8.39. The lowest BCUT2D eigenvalue weighted by Crippen LogP contribution is -2.51. The summed E-state index contributed by atoms with van der Waals surface area (Å²) in [6.07, 6.45) is 6.80. The number of aromatic nitrogens is 2. The first-order chi connectivity index (χ1) is 10.6. The molecular formula is C16H25N3O3. The third-order valence-corrected chi connectivity index (χ3v) is 4.97. The van der Waals surface area contributed by atoms with Crippen LogP contribution in [0.5, 0.6) is 0 Å². The normalized spacial score (nSPS) is 27.7. The number of hydrogen-bond acceptors (Lipinski definition) is 5. The number of aryl methyl sites for hydroxylation is 1. The Labute approximate surface area is 131 Å². The molecule has 122 valence electrons. The number of rotatable bonds is 4. The molecule has 1 aliphatic carbocycles. The van der Waals surface area contributed by atoms with Gasteiger partial charge in [-0.05, 0) is 25.7 Å². The van der Waals surface area contributed by atoms with Gasteiger partial charge in [0.05, 0.1) is 12.0 Å². The molecule has 2 heterocycles. The van der Waals surface area contributed by atoms with E-state index in [4.69, 9.17) is 9.26 Å². The Kier molecular flexibility index (Phi) is 4.47. The Morgan fingerprint density at radius 3 is 2.77 bits per heavy atom.